The lowest BCUT2D eigenvalue weighted by Gasteiger charge is -2.04. The highest BCUT2D eigenvalue weighted by molar-refractivity contribution is 7.90. The largest absolute Gasteiger partial charge is 0.475 e. The molecule has 0 unspecified atom stereocenters. The molecule has 0 fully saturated rings. The van der Waals surface area contributed by atoms with Crippen LogP contribution in [0.3, 0.4) is 0 Å². The number of furan rings is 1. The lowest BCUT2D eigenvalue weighted by atomic mass is 10.2. The molecule has 2 aromatic rings. The third-order valence-corrected chi connectivity index (χ3v) is 4.92. The van der Waals surface area contributed by atoms with Gasteiger partial charge in [-0.15, -0.1) is 0 Å². The maximum Gasteiger partial charge on any atom is 0.371 e. The van der Waals surface area contributed by atoms with Crippen molar-refractivity contribution in [3.63, 3.8) is 0 Å². The van der Waals surface area contributed by atoms with Gasteiger partial charge in [-0.3, -0.25) is 0 Å². The van der Waals surface area contributed by atoms with Crippen molar-refractivity contribution in [3.8, 4) is 0 Å². The quantitative estimate of drug-likeness (QED) is 0.794. The van der Waals surface area contributed by atoms with Gasteiger partial charge in [0.25, 0.3) is 0 Å². The number of carboxylic acids is 1. The molecule has 0 saturated carbocycles. The summed E-state index contributed by atoms with van der Waals surface area (Å²) in [5, 5.41) is 9.48. The monoisotopic (exact) mass is 310 g/mol. The molecule has 5 nitrogen and oxygen atoms in total. The Kier molecular flexibility index (Phi) is 4.67. The first-order chi connectivity index (χ1) is 9.91. The van der Waals surface area contributed by atoms with Gasteiger partial charge in [0.05, 0.1) is 11.5 Å². The number of unbranched alkanes of at least 4 members (excludes halogenated alkanes) is 2. The number of rotatable bonds is 7. The summed E-state index contributed by atoms with van der Waals surface area (Å²) in [5.74, 6) is -1.13. The van der Waals surface area contributed by atoms with Crippen LogP contribution in [-0.4, -0.2) is 25.2 Å². The van der Waals surface area contributed by atoms with Crippen molar-refractivity contribution in [1.82, 2.24) is 0 Å². The summed E-state index contributed by atoms with van der Waals surface area (Å²) in [4.78, 5) is 10.8. The van der Waals surface area contributed by atoms with Crippen LogP contribution in [0.1, 0.15) is 42.3 Å². The van der Waals surface area contributed by atoms with Crippen molar-refractivity contribution >= 4 is 26.8 Å². The van der Waals surface area contributed by atoms with E-state index in [1.165, 1.54) is 6.07 Å². The Bertz CT molecular complexity index is 743. The van der Waals surface area contributed by atoms with E-state index in [1.807, 2.05) is 6.92 Å². The summed E-state index contributed by atoms with van der Waals surface area (Å²) < 4.78 is 29.2. The van der Waals surface area contributed by atoms with Crippen LogP contribution in [0.2, 0.25) is 0 Å². The summed E-state index contributed by atoms with van der Waals surface area (Å²) in [7, 11) is -3.13. The maximum absolute atomic E-state index is 12.0. The highest BCUT2D eigenvalue weighted by Crippen LogP contribution is 2.22. The fraction of sp³-hybridized carbons (Fsp3) is 0.400. The summed E-state index contributed by atoms with van der Waals surface area (Å²) in [6.07, 6.45) is 2.56. The van der Waals surface area contributed by atoms with Crippen molar-refractivity contribution < 1.29 is 22.7 Å². The normalized spacial score (nSPS) is 11.9. The molecule has 1 N–H and O–H groups in total. The van der Waals surface area contributed by atoms with Crippen LogP contribution in [-0.2, 0) is 15.6 Å². The molecule has 6 heteroatoms. The summed E-state index contributed by atoms with van der Waals surface area (Å²) in [6, 6.07) is 6.35. The Hall–Kier alpha value is -1.82. The predicted molar refractivity (Wildman–Crippen MR) is 80.2 cm³/mol. The van der Waals surface area contributed by atoms with Crippen LogP contribution < -0.4 is 0 Å². The summed E-state index contributed by atoms with van der Waals surface area (Å²) in [6.45, 7) is 2.03. The molecule has 1 heterocycles. The van der Waals surface area contributed by atoms with Gasteiger partial charge in [-0.1, -0.05) is 25.8 Å². The van der Waals surface area contributed by atoms with Gasteiger partial charge in [0, 0.05) is 5.39 Å². The molecule has 21 heavy (non-hydrogen) atoms. The molecule has 0 aliphatic heterocycles. The second kappa shape index (κ2) is 6.30. The minimum atomic E-state index is -3.13. The Morgan fingerprint density at radius 1 is 1.24 bits per heavy atom. The average molecular weight is 310 g/mol. The molecular formula is C15H18O5S. The third kappa shape index (κ3) is 4.07. The van der Waals surface area contributed by atoms with E-state index in [9.17, 15) is 13.2 Å². The van der Waals surface area contributed by atoms with E-state index in [1.54, 1.807) is 18.2 Å². The van der Waals surface area contributed by atoms with Crippen LogP contribution >= 0.6 is 0 Å². The zero-order chi connectivity index (χ0) is 15.5. The van der Waals surface area contributed by atoms with Gasteiger partial charge in [0.2, 0.25) is 5.76 Å². The predicted octanol–water partition coefficient (Wildman–Crippen LogP) is 3.24. The number of hydrogen-bond acceptors (Lipinski definition) is 4. The molecule has 114 valence electrons. The molecule has 2 rings (SSSR count). The number of sulfone groups is 1. The van der Waals surface area contributed by atoms with Crippen LogP contribution in [0, 0.1) is 0 Å². The number of hydrogen-bond donors (Lipinski definition) is 1. The van der Waals surface area contributed by atoms with Gasteiger partial charge >= 0.3 is 5.97 Å². The molecule has 1 aromatic heterocycles. The van der Waals surface area contributed by atoms with E-state index in [4.69, 9.17) is 9.52 Å². The first kappa shape index (κ1) is 15.6. The molecule has 0 aliphatic carbocycles. The number of benzene rings is 1. The molecule has 0 saturated heterocycles. The van der Waals surface area contributed by atoms with Crippen molar-refractivity contribution in [2.45, 2.75) is 31.9 Å². The van der Waals surface area contributed by atoms with Gasteiger partial charge in [0.15, 0.2) is 9.84 Å². The topological polar surface area (TPSA) is 84.6 Å². The SMILES string of the molecule is CCCCCS(=O)(=O)Cc1ccc2oc(C(=O)O)cc2c1. The minimum Gasteiger partial charge on any atom is -0.475 e. The molecular weight excluding hydrogens is 292 g/mol. The van der Waals surface area contributed by atoms with E-state index < -0.39 is 15.8 Å². The molecule has 0 spiro atoms. The molecule has 0 bridgehead atoms. The van der Waals surface area contributed by atoms with E-state index in [-0.39, 0.29) is 17.3 Å². The van der Waals surface area contributed by atoms with Crippen LogP contribution in [0.5, 0.6) is 0 Å². The molecule has 1 aromatic carbocycles. The molecule has 0 amide bonds. The number of aromatic carboxylic acids is 1. The van der Waals surface area contributed by atoms with E-state index in [0.717, 1.165) is 12.8 Å². The maximum atomic E-state index is 12.0. The first-order valence-electron chi connectivity index (χ1n) is 6.87. The van der Waals surface area contributed by atoms with Crippen LogP contribution in [0.15, 0.2) is 28.7 Å². The van der Waals surface area contributed by atoms with Crippen LogP contribution in [0.4, 0.5) is 0 Å². The van der Waals surface area contributed by atoms with Gasteiger partial charge in [-0.2, -0.15) is 0 Å². The fourth-order valence-electron chi connectivity index (χ4n) is 2.19. The van der Waals surface area contributed by atoms with Crippen molar-refractivity contribution in [3.05, 3.63) is 35.6 Å². The standard InChI is InChI=1S/C15H18O5S/c1-2-3-4-7-21(18,19)10-11-5-6-13-12(8-11)9-14(20-13)15(16)17/h5-6,8-9H,2-4,7,10H2,1H3,(H,16,17). The Morgan fingerprint density at radius 2 is 2.00 bits per heavy atom. The van der Waals surface area contributed by atoms with E-state index in [0.29, 0.717) is 23.0 Å². The van der Waals surface area contributed by atoms with Crippen molar-refractivity contribution in [2.24, 2.45) is 0 Å². The summed E-state index contributed by atoms with van der Waals surface area (Å²) >= 11 is 0. The van der Waals surface area contributed by atoms with Crippen LogP contribution in [0.25, 0.3) is 11.0 Å². The highest BCUT2D eigenvalue weighted by Gasteiger charge is 2.14. The number of fused-ring (bicyclic) bond motifs is 1. The molecule has 0 radical (unpaired) electrons. The lowest BCUT2D eigenvalue weighted by molar-refractivity contribution is 0.0665. The Morgan fingerprint density at radius 3 is 2.67 bits per heavy atom. The van der Waals surface area contributed by atoms with E-state index >= 15 is 0 Å². The fourth-order valence-corrected chi connectivity index (χ4v) is 3.66. The van der Waals surface area contributed by atoms with Gasteiger partial charge in [-0.05, 0) is 30.2 Å². The van der Waals surface area contributed by atoms with Gasteiger partial charge < -0.3 is 9.52 Å². The van der Waals surface area contributed by atoms with E-state index in [2.05, 4.69) is 0 Å². The Labute approximate surface area is 123 Å². The smallest absolute Gasteiger partial charge is 0.371 e. The summed E-state index contributed by atoms with van der Waals surface area (Å²) in [5.41, 5.74) is 1.09. The minimum absolute atomic E-state index is 0.0275. The van der Waals surface area contributed by atoms with Crippen molar-refractivity contribution in [2.75, 3.05) is 5.75 Å². The third-order valence-electron chi connectivity index (χ3n) is 3.24. The second-order valence-electron chi connectivity index (χ2n) is 5.09. The van der Waals surface area contributed by atoms with Crippen molar-refractivity contribution in [1.29, 1.82) is 0 Å². The number of carbonyl (C=O) groups is 1. The highest BCUT2D eigenvalue weighted by atomic mass is 32.2. The zero-order valence-electron chi connectivity index (χ0n) is 11.8. The Balaban J connectivity index is 2.17. The van der Waals surface area contributed by atoms with Gasteiger partial charge in [-0.25, -0.2) is 13.2 Å². The van der Waals surface area contributed by atoms with Gasteiger partial charge in [0.1, 0.15) is 5.58 Å². The molecule has 0 aliphatic rings. The number of carboxylic acid groups (broad SMARTS) is 1. The lowest BCUT2D eigenvalue weighted by Crippen LogP contribution is -2.09. The first-order valence-corrected chi connectivity index (χ1v) is 8.69. The average Bonchev–Trinajstić information content (AvgIpc) is 2.81. The molecule has 0 atom stereocenters. The zero-order valence-corrected chi connectivity index (χ0v) is 12.6. The second-order valence-corrected chi connectivity index (χ2v) is 7.27.